The van der Waals surface area contributed by atoms with Crippen molar-refractivity contribution in [1.29, 1.82) is 0 Å². The van der Waals surface area contributed by atoms with Crippen LogP contribution in [0, 0.1) is 3.95 Å². The predicted molar refractivity (Wildman–Crippen MR) is 33.9 cm³/mol. The van der Waals surface area contributed by atoms with Gasteiger partial charge in [0.25, 0.3) is 0 Å². The minimum Gasteiger partial charge on any atom is -0.389 e. The minimum atomic E-state index is 0.734. The number of nitrogens with two attached hydrogens (primary N) is 1. The van der Waals surface area contributed by atoms with Gasteiger partial charge in [-0.3, -0.25) is 0 Å². The molecule has 0 radical (unpaired) electrons. The normalized spacial score (nSPS) is 9.14. The van der Waals surface area contributed by atoms with Crippen LogP contribution < -0.4 is 5.73 Å². The molecule has 0 spiro atoms. The van der Waals surface area contributed by atoms with Crippen LogP contribution >= 0.6 is 23.6 Å². The molecule has 0 unspecified atom stereocenters. The molecule has 0 bridgehead atoms. The Bertz CT molecular complexity index is 199. The molecule has 4 heteroatoms. The van der Waals surface area contributed by atoms with E-state index in [0.29, 0.717) is 0 Å². The summed E-state index contributed by atoms with van der Waals surface area (Å²) >= 11 is 6.10. The van der Waals surface area contributed by atoms with Crippen molar-refractivity contribution >= 4 is 28.6 Å². The molecule has 0 saturated carbocycles. The Morgan fingerprint density at radius 1 is 1.86 bits per heavy atom. The molecular weight excluding hydrogens is 128 g/mol. The molecule has 0 atom stereocenters. The second-order valence-electron chi connectivity index (χ2n) is 1.08. The van der Waals surface area contributed by atoms with Crippen LogP contribution in [-0.2, 0) is 0 Å². The summed E-state index contributed by atoms with van der Waals surface area (Å²) < 4.78 is 0.734. The summed E-state index contributed by atoms with van der Waals surface area (Å²) in [5.74, 6) is 0. The summed E-state index contributed by atoms with van der Waals surface area (Å²) in [7, 11) is 0. The van der Waals surface area contributed by atoms with Crippen LogP contribution in [0.15, 0.2) is 6.20 Å². The molecule has 0 amide bonds. The van der Waals surface area contributed by atoms with Crippen molar-refractivity contribution in [1.82, 2.24) is 4.98 Å². The molecule has 7 heavy (non-hydrogen) atoms. The highest BCUT2D eigenvalue weighted by molar-refractivity contribution is 7.73. The largest absolute Gasteiger partial charge is 0.389 e. The molecule has 1 rings (SSSR count). The van der Waals surface area contributed by atoms with Crippen molar-refractivity contribution in [2.24, 2.45) is 0 Å². The van der Waals surface area contributed by atoms with E-state index in [1.165, 1.54) is 11.3 Å². The maximum atomic E-state index is 5.30. The molecule has 2 nitrogen and oxygen atoms in total. The lowest BCUT2D eigenvalue weighted by Gasteiger charge is -1.67. The third kappa shape index (κ3) is 1.01. The van der Waals surface area contributed by atoms with E-state index in [-0.39, 0.29) is 0 Å². The summed E-state index contributed by atoms with van der Waals surface area (Å²) in [5, 5.41) is 0.741. The van der Waals surface area contributed by atoms with Crippen LogP contribution in [-0.4, -0.2) is 4.98 Å². The summed E-state index contributed by atoms with van der Waals surface area (Å²) in [5.41, 5.74) is 5.30. The minimum absolute atomic E-state index is 0.734. The van der Waals surface area contributed by atoms with Crippen molar-refractivity contribution < 1.29 is 0 Å². The molecule has 1 aromatic rings. The average Bonchev–Trinajstić information content (AvgIpc) is 1.87. The Hall–Kier alpha value is -0.350. The van der Waals surface area contributed by atoms with Crippen LogP contribution in [0.2, 0.25) is 0 Å². The van der Waals surface area contributed by atoms with E-state index < -0.39 is 0 Å². The third-order valence-electron chi connectivity index (χ3n) is 0.543. The number of anilines is 1. The van der Waals surface area contributed by atoms with Gasteiger partial charge in [0, 0.05) is 6.20 Å². The van der Waals surface area contributed by atoms with Gasteiger partial charge in [-0.15, -0.1) is 0 Å². The van der Waals surface area contributed by atoms with E-state index in [0.717, 1.165) is 8.96 Å². The Balaban J connectivity index is 3.30. The van der Waals surface area contributed by atoms with E-state index in [9.17, 15) is 0 Å². The maximum Gasteiger partial charge on any atom is 0.160 e. The molecule has 0 saturated heterocycles. The average molecular weight is 132 g/mol. The topological polar surface area (TPSA) is 41.8 Å². The van der Waals surface area contributed by atoms with E-state index in [4.69, 9.17) is 18.0 Å². The molecule has 1 heterocycles. The highest BCUT2D eigenvalue weighted by Gasteiger charge is 1.81. The fourth-order valence-electron chi connectivity index (χ4n) is 0.296. The molecule has 0 fully saturated rings. The molecule has 0 aliphatic rings. The van der Waals surface area contributed by atoms with E-state index in [1.807, 2.05) is 0 Å². The zero-order valence-corrected chi connectivity index (χ0v) is 5.10. The number of nitrogen functional groups attached to an aromatic ring is 1. The lowest BCUT2D eigenvalue weighted by Crippen LogP contribution is -1.73. The third-order valence-corrected chi connectivity index (χ3v) is 1.57. The van der Waals surface area contributed by atoms with Crippen molar-refractivity contribution in [3.05, 3.63) is 10.2 Å². The fourth-order valence-corrected chi connectivity index (χ4v) is 1.09. The fraction of sp³-hybridized carbons (Fsp3) is 0. The van der Waals surface area contributed by atoms with Crippen LogP contribution in [0.1, 0.15) is 0 Å². The van der Waals surface area contributed by atoms with Gasteiger partial charge in [0.05, 0.1) is 0 Å². The summed E-state index contributed by atoms with van der Waals surface area (Å²) in [6.07, 6.45) is 1.69. The van der Waals surface area contributed by atoms with Crippen molar-refractivity contribution in [2.75, 3.05) is 5.73 Å². The number of hydrogen-bond donors (Lipinski definition) is 2. The standard InChI is InChI=1S/C3H4N2S2/c4-2-1-5-3(6)7-2/h1H,4H2,(H,5,6). The Morgan fingerprint density at radius 3 is 2.71 bits per heavy atom. The number of aromatic nitrogens is 1. The van der Waals surface area contributed by atoms with Gasteiger partial charge >= 0.3 is 0 Å². The highest BCUT2D eigenvalue weighted by Crippen LogP contribution is 2.08. The first-order valence-corrected chi connectivity index (χ1v) is 2.95. The molecular formula is C3H4N2S2. The first-order chi connectivity index (χ1) is 3.29. The predicted octanol–water partition coefficient (Wildman–Crippen LogP) is 1.39. The molecule has 0 aromatic carbocycles. The smallest absolute Gasteiger partial charge is 0.160 e. The van der Waals surface area contributed by atoms with Gasteiger partial charge in [-0.2, -0.15) is 0 Å². The van der Waals surface area contributed by atoms with E-state index >= 15 is 0 Å². The van der Waals surface area contributed by atoms with Gasteiger partial charge in [0.2, 0.25) is 0 Å². The van der Waals surface area contributed by atoms with Crippen LogP contribution in [0.5, 0.6) is 0 Å². The maximum absolute atomic E-state index is 5.30. The number of H-pyrrole nitrogens is 1. The molecule has 0 aliphatic carbocycles. The SMILES string of the molecule is Nc1c[nH]c(=S)s1. The first-order valence-electron chi connectivity index (χ1n) is 1.73. The van der Waals surface area contributed by atoms with Gasteiger partial charge in [-0.25, -0.2) is 0 Å². The number of hydrogen-bond acceptors (Lipinski definition) is 3. The van der Waals surface area contributed by atoms with Gasteiger partial charge < -0.3 is 10.7 Å². The zero-order chi connectivity index (χ0) is 5.28. The Labute approximate surface area is 50.0 Å². The zero-order valence-electron chi connectivity index (χ0n) is 3.47. The van der Waals surface area contributed by atoms with Crippen molar-refractivity contribution in [3.63, 3.8) is 0 Å². The molecule has 0 aliphatic heterocycles. The van der Waals surface area contributed by atoms with Gasteiger partial charge in [-0.1, -0.05) is 11.3 Å². The molecule has 1 aromatic heterocycles. The van der Waals surface area contributed by atoms with E-state index in [1.54, 1.807) is 6.20 Å². The second kappa shape index (κ2) is 1.63. The van der Waals surface area contributed by atoms with Crippen molar-refractivity contribution in [2.45, 2.75) is 0 Å². The lowest BCUT2D eigenvalue weighted by atomic mass is 10.9. The quantitative estimate of drug-likeness (QED) is 0.524. The van der Waals surface area contributed by atoms with Gasteiger partial charge in [0.1, 0.15) is 5.00 Å². The lowest BCUT2D eigenvalue weighted by molar-refractivity contribution is 1.40. The number of thiazole rings is 1. The molecule has 38 valence electrons. The van der Waals surface area contributed by atoms with Gasteiger partial charge in [-0.05, 0) is 12.2 Å². The first kappa shape index (κ1) is 4.80. The molecule has 3 N–H and O–H groups in total. The number of aromatic amines is 1. The summed E-state index contributed by atoms with van der Waals surface area (Å²) in [4.78, 5) is 2.78. The number of nitrogens with one attached hydrogen (secondary N) is 1. The highest BCUT2D eigenvalue weighted by atomic mass is 32.1. The van der Waals surface area contributed by atoms with Crippen LogP contribution in [0.25, 0.3) is 0 Å². The van der Waals surface area contributed by atoms with Crippen molar-refractivity contribution in [3.8, 4) is 0 Å². The number of rotatable bonds is 0. The Kier molecular flexibility index (Phi) is 1.12. The summed E-state index contributed by atoms with van der Waals surface area (Å²) in [6, 6.07) is 0. The summed E-state index contributed by atoms with van der Waals surface area (Å²) in [6.45, 7) is 0. The monoisotopic (exact) mass is 132 g/mol. The Morgan fingerprint density at radius 2 is 2.57 bits per heavy atom. The van der Waals surface area contributed by atoms with Crippen LogP contribution in [0.4, 0.5) is 5.00 Å². The van der Waals surface area contributed by atoms with E-state index in [2.05, 4.69) is 4.98 Å². The second-order valence-corrected chi connectivity index (χ2v) is 2.83. The van der Waals surface area contributed by atoms with Crippen LogP contribution in [0.3, 0.4) is 0 Å². The van der Waals surface area contributed by atoms with Gasteiger partial charge in [0.15, 0.2) is 3.95 Å².